The molecule has 1 heterocycles. The van der Waals surface area contributed by atoms with E-state index in [0.29, 0.717) is 19.3 Å². The zero-order valence-electron chi connectivity index (χ0n) is 13.7. The summed E-state index contributed by atoms with van der Waals surface area (Å²) in [4.78, 5) is 23.7. The number of fused-ring (bicyclic) bond motifs is 2. The van der Waals surface area contributed by atoms with E-state index in [4.69, 9.17) is 9.47 Å². The first kappa shape index (κ1) is 15.6. The molecule has 0 saturated carbocycles. The van der Waals surface area contributed by atoms with Gasteiger partial charge in [0, 0.05) is 12.0 Å². The Bertz CT molecular complexity index is 906. The van der Waals surface area contributed by atoms with E-state index in [1.807, 2.05) is 36.4 Å². The molecule has 4 nitrogen and oxygen atoms in total. The van der Waals surface area contributed by atoms with Gasteiger partial charge in [-0.1, -0.05) is 48.5 Å². The summed E-state index contributed by atoms with van der Waals surface area (Å²) in [5.41, 5.74) is 0.976. The molecule has 3 aromatic carbocycles. The van der Waals surface area contributed by atoms with Crippen molar-refractivity contribution in [2.75, 3.05) is 0 Å². The third kappa shape index (κ3) is 3.07. The van der Waals surface area contributed by atoms with Gasteiger partial charge in [0.15, 0.2) is 6.10 Å². The second kappa shape index (κ2) is 6.55. The van der Waals surface area contributed by atoms with E-state index in [1.165, 1.54) is 0 Å². The molecule has 1 saturated heterocycles. The number of ether oxygens (including phenoxy) is 2. The summed E-state index contributed by atoms with van der Waals surface area (Å²) >= 11 is 0. The topological polar surface area (TPSA) is 52.6 Å². The first-order chi connectivity index (χ1) is 12.2. The van der Waals surface area contributed by atoms with Crippen molar-refractivity contribution in [3.05, 3.63) is 60.2 Å². The van der Waals surface area contributed by atoms with Crippen molar-refractivity contribution < 1.29 is 19.1 Å². The zero-order chi connectivity index (χ0) is 17.2. The maximum absolute atomic E-state index is 12.3. The highest BCUT2D eigenvalue weighted by molar-refractivity contribution is 6.02. The Hall–Kier alpha value is -2.88. The van der Waals surface area contributed by atoms with Crippen LogP contribution in [0.25, 0.3) is 21.5 Å². The molecule has 0 aromatic heterocycles. The molecule has 4 heteroatoms. The number of rotatable bonds is 3. The second-order valence-corrected chi connectivity index (χ2v) is 6.28. The molecule has 0 aliphatic carbocycles. The average Bonchev–Trinajstić information content (AvgIpc) is 2.65. The highest BCUT2D eigenvalue weighted by Gasteiger charge is 2.28. The van der Waals surface area contributed by atoms with E-state index in [0.717, 1.165) is 27.1 Å². The number of esters is 2. The van der Waals surface area contributed by atoms with Crippen molar-refractivity contribution in [3.8, 4) is 0 Å². The molecule has 0 bridgehead atoms. The van der Waals surface area contributed by atoms with Gasteiger partial charge in [0.05, 0.1) is 0 Å². The summed E-state index contributed by atoms with van der Waals surface area (Å²) in [6.07, 6.45) is 0.788. The van der Waals surface area contributed by atoms with E-state index in [1.54, 1.807) is 0 Å². The Morgan fingerprint density at radius 3 is 2.32 bits per heavy atom. The molecule has 0 N–H and O–H groups in total. The van der Waals surface area contributed by atoms with Crippen LogP contribution in [-0.2, 0) is 25.7 Å². The van der Waals surface area contributed by atoms with Crippen LogP contribution in [0.3, 0.4) is 0 Å². The number of carbonyl (C=O) groups excluding carboxylic acids is 2. The zero-order valence-corrected chi connectivity index (χ0v) is 13.7. The third-order valence-electron chi connectivity index (χ3n) is 4.63. The summed E-state index contributed by atoms with van der Waals surface area (Å²) in [7, 11) is 0. The van der Waals surface area contributed by atoms with Crippen molar-refractivity contribution >= 4 is 33.5 Å². The minimum atomic E-state index is -0.775. The van der Waals surface area contributed by atoms with Gasteiger partial charge in [-0.15, -0.1) is 0 Å². The van der Waals surface area contributed by atoms with Crippen molar-refractivity contribution in [1.82, 2.24) is 0 Å². The summed E-state index contributed by atoms with van der Waals surface area (Å²) in [6, 6.07) is 18.3. The Morgan fingerprint density at radius 1 is 1.04 bits per heavy atom. The molecule has 1 aliphatic heterocycles. The molecular formula is C21H18O4. The minimum absolute atomic E-state index is 0.161. The lowest BCUT2D eigenvalue weighted by atomic mass is 9.97. The van der Waals surface area contributed by atoms with Crippen LogP contribution in [-0.4, -0.2) is 18.0 Å². The van der Waals surface area contributed by atoms with Gasteiger partial charge in [0.25, 0.3) is 0 Å². The monoisotopic (exact) mass is 334 g/mol. The quantitative estimate of drug-likeness (QED) is 0.534. The van der Waals surface area contributed by atoms with Crippen molar-refractivity contribution in [2.45, 2.75) is 32.0 Å². The first-order valence-electron chi connectivity index (χ1n) is 8.48. The van der Waals surface area contributed by atoms with Crippen LogP contribution in [0, 0.1) is 0 Å². The minimum Gasteiger partial charge on any atom is -0.458 e. The Balaban J connectivity index is 1.65. The van der Waals surface area contributed by atoms with E-state index >= 15 is 0 Å². The van der Waals surface area contributed by atoms with Crippen molar-refractivity contribution in [3.63, 3.8) is 0 Å². The van der Waals surface area contributed by atoms with E-state index in [9.17, 15) is 9.59 Å². The predicted molar refractivity (Wildman–Crippen MR) is 95.0 cm³/mol. The molecular weight excluding hydrogens is 316 g/mol. The summed E-state index contributed by atoms with van der Waals surface area (Å²) < 4.78 is 10.6. The van der Waals surface area contributed by atoms with Crippen LogP contribution < -0.4 is 0 Å². The van der Waals surface area contributed by atoms with Gasteiger partial charge in [-0.05, 0) is 40.5 Å². The van der Waals surface area contributed by atoms with Crippen LogP contribution >= 0.6 is 0 Å². The largest absolute Gasteiger partial charge is 0.458 e. The standard InChI is InChI=1S/C21H18O4/c22-20-11-5-10-19(25-20)21(23)24-13-18-16-8-3-1-6-14(16)12-15-7-2-4-9-17(15)18/h1-4,6-9,12,19H,5,10-11,13H2. The molecule has 1 unspecified atom stereocenters. The first-order valence-corrected chi connectivity index (χ1v) is 8.48. The van der Waals surface area contributed by atoms with Gasteiger partial charge in [0.1, 0.15) is 6.61 Å². The fourth-order valence-electron chi connectivity index (χ4n) is 3.37. The van der Waals surface area contributed by atoms with Crippen molar-refractivity contribution in [1.29, 1.82) is 0 Å². The number of hydrogen-bond acceptors (Lipinski definition) is 4. The normalized spacial score (nSPS) is 17.4. The molecule has 126 valence electrons. The molecule has 4 rings (SSSR count). The van der Waals surface area contributed by atoms with Gasteiger partial charge in [-0.2, -0.15) is 0 Å². The van der Waals surface area contributed by atoms with Crippen molar-refractivity contribution in [2.24, 2.45) is 0 Å². The lowest BCUT2D eigenvalue weighted by Gasteiger charge is -2.21. The predicted octanol–water partition coefficient (Wildman–Crippen LogP) is 4.13. The van der Waals surface area contributed by atoms with Gasteiger partial charge in [0.2, 0.25) is 0 Å². The van der Waals surface area contributed by atoms with Gasteiger partial charge >= 0.3 is 11.9 Å². The average molecular weight is 334 g/mol. The Kier molecular flexibility index (Phi) is 4.10. The molecule has 1 atom stereocenters. The van der Waals surface area contributed by atoms with Crippen LogP contribution in [0.1, 0.15) is 24.8 Å². The number of cyclic esters (lactones) is 1. The van der Waals surface area contributed by atoms with E-state index in [2.05, 4.69) is 18.2 Å². The molecule has 3 aromatic rings. The van der Waals surface area contributed by atoms with Crippen LogP contribution in [0.15, 0.2) is 54.6 Å². The summed E-state index contributed by atoms with van der Waals surface area (Å²) in [5.74, 6) is -0.797. The van der Waals surface area contributed by atoms with Crippen LogP contribution in [0.2, 0.25) is 0 Å². The molecule has 25 heavy (non-hydrogen) atoms. The molecule has 0 spiro atoms. The lowest BCUT2D eigenvalue weighted by molar-refractivity contribution is -0.172. The summed E-state index contributed by atoms with van der Waals surface area (Å²) in [5, 5.41) is 4.34. The second-order valence-electron chi connectivity index (χ2n) is 6.28. The van der Waals surface area contributed by atoms with E-state index in [-0.39, 0.29) is 12.6 Å². The van der Waals surface area contributed by atoms with Gasteiger partial charge in [-0.3, -0.25) is 4.79 Å². The number of hydrogen-bond donors (Lipinski definition) is 0. The van der Waals surface area contributed by atoms with E-state index < -0.39 is 12.1 Å². The molecule has 0 amide bonds. The smallest absolute Gasteiger partial charge is 0.347 e. The Labute approximate surface area is 145 Å². The Morgan fingerprint density at radius 2 is 1.68 bits per heavy atom. The highest BCUT2D eigenvalue weighted by atomic mass is 16.6. The third-order valence-corrected chi connectivity index (χ3v) is 4.63. The lowest BCUT2D eigenvalue weighted by Crippen LogP contribution is -2.32. The molecule has 0 radical (unpaired) electrons. The number of carbonyl (C=O) groups is 2. The van der Waals surface area contributed by atoms with Crippen LogP contribution in [0.4, 0.5) is 0 Å². The maximum atomic E-state index is 12.3. The SMILES string of the molecule is O=C1CCCC(C(=O)OCc2c3ccccc3cc3ccccc23)O1. The maximum Gasteiger partial charge on any atom is 0.347 e. The number of benzene rings is 3. The summed E-state index contributed by atoms with van der Waals surface area (Å²) in [6.45, 7) is 0.161. The van der Waals surface area contributed by atoms with Gasteiger partial charge < -0.3 is 9.47 Å². The van der Waals surface area contributed by atoms with Crippen LogP contribution in [0.5, 0.6) is 0 Å². The fraction of sp³-hybridized carbons (Fsp3) is 0.238. The highest BCUT2D eigenvalue weighted by Crippen LogP contribution is 2.29. The molecule has 1 aliphatic rings. The molecule has 1 fully saturated rings. The van der Waals surface area contributed by atoms with Gasteiger partial charge in [-0.25, -0.2) is 4.79 Å². The fourth-order valence-corrected chi connectivity index (χ4v) is 3.37.